The van der Waals surface area contributed by atoms with E-state index in [1.807, 2.05) is 0 Å². The van der Waals surface area contributed by atoms with E-state index in [1.54, 1.807) is 25.1 Å². The Bertz CT molecular complexity index is 766. The van der Waals surface area contributed by atoms with Gasteiger partial charge in [-0.25, -0.2) is 8.42 Å². The fraction of sp³-hybridized carbons (Fsp3) is 0.500. The van der Waals surface area contributed by atoms with Gasteiger partial charge in [0.15, 0.2) is 9.84 Å². The van der Waals surface area contributed by atoms with E-state index in [-0.39, 0.29) is 24.7 Å². The minimum atomic E-state index is -3.18. The third-order valence-electron chi connectivity index (χ3n) is 4.09. The lowest BCUT2D eigenvalue weighted by Crippen LogP contribution is -2.48. The van der Waals surface area contributed by atoms with Gasteiger partial charge in [0, 0.05) is 30.4 Å². The van der Waals surface area contributed by atoms with Crippen molar-refractivity contribution in [1.82, 2.24) is 4.90 Å². The number of rotatable bonds is 5. The van der Waals surface area contributed by atoms with E-state index in [1.165, 1.54) is 12.0 Å². The van der Waals surface area contributed by atoms with E-state index < -0.39 is 27.7 Å². The van der Waals surface area contributed by atoms with Crippen molar-refractivity contribution in [2.24, 2.45) is 0 Å². The summed E-state index contributed by atoms with van der Waals surface area (Å²) in [7, 11) is -1.70. The van der Waals surface area contributed by atoms with Gasteiger partial charge in [0.25, 0.3) is 0 Å². The van der Waals surface area contributed by atoms with Gasteiger partial charge >= 0.3 is 11.8 Å². The maximum atomic E-state index is 12.6. The number of amides is 2. The van der Waals surface area contributed by atoms with Crippen molar-refractivity contribution >= 4 is 38.9 Å². The normalized spacial score (nSPS) is 18.8. The van der Waals surface area contributed by atoms with Crippen LogP contribution in [0.5, 0.6) is 0 Å². The Kier molecular flexibility index (Phi) is 6.42. The van der Waals surface area contributed by atoms with E-state index in [9.17, 15) is 18.0 Å². The molecular formula is C16H21ClN2O5S. The third kappa shape index (κ3) is 5.17. The number of halogens is 1. The largest absolute Gasteiger partial charge is 0.383 e. The van der Waals surface area contributed by atoms with Gasteiger partial charge in [0.2, 0.25) is 0 Å². The first-order chi connectivity index (χ1) is 11.7. The predicted octanol–water partition coefficient (Wildman–Crippen LogP) is 1.25. The first kappa shape index (κ1) is 19.7. The number of nitrogens with zero attached hydrogens (tertiary/aromatic N) is 1. The van der Waals surface area contributed by atoms with Crippen LogP contribution in [-0.2, 0) is 24.2 Å². The zero-order valence-electron chi connectivity index (χ0n) is 14.1. The minimum absolute atomic E-state index is 0.0173. The van der Waals surface area contributed by atoms with Crippen LogP contribution in [0.1, 0.15) is 12.0 Å². The number of methoxy groups -OCH3 is 1. The Hall–Kier alpha value is -1.64. The number of anilines is 1. The molecule has 0 radical (unpaired) electrons. The summed E-state index contributed by atoms with van der Waals surface area (Å²) in [6.07, 6.45) is 0.321. The highest BCUT2D eigenvalue weighted by Crippen LogP contribution is 2.21. The van der Waals surface area contributed by atoms with E-state index >= 15 is 0 Å². The smallest absolute Gasteiger partial charge is 0.313 e. The van der Waals surface area contributed by atoms with Crippen LogP contribution in [0.25, 0.3) is 0 Å². The van der Waals surface area contributed by atoms with Gasteiger partial charge in [-0.05, 0) is 31.0 Å². The summed E-state index contributed by atoms with van der Waals surface area (Å²) in [6, 6.07) is 4.46. The predicted molar refractivity (Wildman–Crippen MR) is 95.5 cm³/mol. The van der Waals surface area contributed by atoms with Gasteiger partial charge in [0.05, 0.1) is 18.1 Å². The molecule has 1 aromatic carbocycles. The Morgan fingerprint density at radius 2 is 2.12 bits per heavy atom. The van der Waals surface area contributed by atoms with Crippen molar-refractivity contribution in [2.75, 3.05) is 37.1 Å². The lowest BCUT2D eigenvalue weighted by molar-refractivity contribution is -0.144. The van der Waals surface area contributed by atoms with Crippen LogP contribution < -0.4 is 5.32 Å². The van der Waals surface area contributed by atoms with Crippen LogP contribution in [0.4, 0.5) is 5.69 Å². The molecule has 25 heavy (non-hydrogen) atoms. The van der Waals surface area contributed by atoms with Gasteiger partial charge in [-0.1, -0.05) is 17.7 Å². The number of carbonyl (C=O) groups is 2. The highest BCUT2D eigenvalue weighted by Gasteiger charge is 2.36. The van der Waals surface area contributed by atoms with Gasteiger partial charge in [-0.3, -0.25) is 9.59 Å². The molecule has 1 aliphatic heterocycles. The molecule has 0 aromatic heterocycles. The van der Waals surface area contributed by atoms with Crippen molar-refractivity contribution < 1.29 is 22.7 Å². The van der Waals surface area contributed by atoms with Crippen molar-refractivity contribution in [3.8, 4) is 0 Å². The molecular weight excluding hydrogens is 368 g/mol. The second-order valence-electron chi connectivity index (χ2n) is 5.96. The molecule has 0 bridgehead atoms. The number of hydrogen-bond donors (Lipinski definition) is 1. The number of aryl methyl sites for hydroxylation is 1. The van der Waals surface area contributed by atoms with Crippen LogP contribution in [0.3, 0.4) is 0 Å². The standard InChI is InChI=1S/C16H21ClN2O5S/c1-11-3-4-12(17)9-14(11)18-15(20)16(21)19(6-7-24-2)13-5-8-25(22,23)10-13/h3-4,9,13H,5-8,10H2,1-2H3,(H,18,20). The Morgan fingerprint density at radius 1 is 1.40 bits per heavy atom. The van der Waals surface area contributed by atoms with Crippen LogP contribution in [0, 0.1) is 6.92 Å². The SMILES string of the molecule is COCCN(C(=O)C(=O)Nc1cc(Cl)ccc1C)C1CCS(=O)(=O)C1. The molecule has 1 aromatic rings. The number of carbonyl (C=O) groups excluding carboxylic acids is 2. The highest BCUT2D eigenvalue weighted by molar-refractivity contribution is 7.91. The van der Waals surface area contributed by atoms with Crippen LogP contribution in [0.15, 0.2) is 18.2 Å². The molecule has 1 unspecified atom stereocenters. The number of benzene rings is 1. The van der Waals surface area contributed by atoms with Gasteiger partial charge in [0.1, 0.15) is 0 Å². The fourth-order valence-corrected chi connectivity index (χ4v) is 4.60. The molecule has 2 amide bonds. The molecule has 1 heterocycles. The maximum absolute atomic E-state index is 12.6. The number of sulfone groups is 1. The second kappa shape index (κ2) is 8.16. The Labute approximate surface area is 152 Å². The van der Waals surface area contributed by atoms with Crippen LogP contribution in [0.2, 0.25) is 5.02 Å². The zero-order chi connectivity index (χ0) is 18.6. The number of nitrogens with one attached hydrogen (secondary N) is 1. The van der Waals surface area contributed by atoms with Crippen molar-refractivity contribution in [2.45, 2.75) is 19.4 Å². The summed E-state index contributed by atoms with van der Waals surface area (Å²) in [5.74, 6) is -1.72. The molecule has 1 atom stereocenters. The molecule has 138 valence electrons. The summed E-state index contributed by atoms with van der Waals surface area (Å²) in [5, 5.41) is 2.98. The highest BCUT2D eigenvalue weighted by atomic mass is 35.5. The molecule has 0 spiro atoms. The average Bonchev–Trinajstić information content (AvgIpc) is 2.91. The van der Waals surface area contributed by atoms with Crippen molar-refractivity contribution in [3.63, 3.8) is 0 Å². The van der Waals surface area contributed by atoms with Crippen LogP contribution in [-0.4, -0.2) is 62.9 Å². The zero-order valence-corrected chi connectivity index (χ0v) is 15.7. The lowest BCUT2D eigenvalue weighted by Gasteiger charge is -2.27. The van der Waals surface area contributed by atoms with Gasteiger partial charge < -0.3 is 15.0 Å². The third-order valence-corrected chi connectivity index (χ3v) is 6.07. The molecule has 9 heteroatoms. The summed E-state index contributed by atoms with van der Waals surface area (Å²) < 4.78 is 28.4. The summed E-state index contributed by atoms with van der Waals surface area (Å²) in [4.78, 5) is 26.2. The summed E-state index contributed by atoms with van der Waals surface area (Å²) >= 11 is 5.92. The molecule has 1 aliphatic rings. The fourth-order valence-electron chi connectivity index (χ4n) is 2.70. The topological polar surface area (TPSA) is 92.8 Å². The maximum Gasteiger partial charge on any atom is 0.313 e. The molecule has 0 saturated carbocycles. The first-order valence-electron chi connectivity index (χ1n) is 7.81. The lowest BCUT2D eigenvalue weighted by atomic mass is 10.2. The van der Waals surface area contributed by atoms with Gasteiger partial charge in [-0.15, -0.1) is 0 Å². The molecule has 7 nitrogen and oxygen atoms in total. The molecule has 1 saturated heterocycles. The van der Waals surface area contributed by atoms with Crippen LogP contribution >= 0.6 is 11.6 Å². The number of ether oxygens (including phenoxy) is 1. The molecule has 2 rings (SSSR count). The average molecular weight is 389 g/mol. The summed E-state index contributed by atoms with van der Waals surface area (Å²) in [6.45, 7) is 2.14. The minimum Gasteiger partial charge on any atom is -0.383 e. The molecule has 0 aliphatic carbocycles. The quantitative estimate of drug-likeness (QED) is 0.766. The Morgan fingerprint density at radius 3 is 2.72 bits per heavy atom. The first-order valence-corrected chi connectivity index (χ1v) is 10.0. The summed E-state index contributed by atoms with van der Waals surface area (Å²) in [5.41, 5.74) is 1.20. The van der Waals surface area contributed by atoms with Crippen molar-refractivity contribution in [1.29, 1.82) is 0 Å². The number of hydrogen-bond acceptors (Lipinski definition) is 5. The molecule has 1 N–H and O–H groups in total. The van der Waals surface area contributed by atoms with E-state index in [4.69, 9.17) is 16.3 Å². The monoisotopic (exact) mass is 388 g/mol. The van der Waals surface area contributed by atoms with E-state index in [0.717, 1.165) is 5.56 Å². The van der Waals surface area contributed by atoms with Gasteiger partial charge in [-0.2, -0.15) is 0 Å². The Balaban J connectivity index is 2.14. The van der Waals surface area contributed by atoms with Crippen molar-refractivity contribution in [3.05, 3.63) is 28.8 Å². The molecule has 1 fully saturated rings. The second-order valence-corrected chi connectivity index (χ2v) is 8.63. The van der Waals surface area contributed by atoms with E-state index in [0.29, 0.717) is 17.1 Å². The van der Waals surface area contributed by atoms with E-state index in [2.05, 4.69) is 5.32 Å².